The molecule has 0 aliphatic rings. The van der Waals surface area contributed by atoms with Gasteiger partial charge >= 0.3 is 0 Å². The molecule has 1 aromatic heterocycles. The van der Waals surface area contributed by atoms with Crippen LogP contribution in [-0.4, -0.2) is 31.0 Å². The molecule has 1 atom stereocenters. The van der Waals surface area contributed by atoms with Gasteiger partial charge in [0.25, 0.3) is 0 Å². The van der Waals surface area contributed by atoms with Crippen LogP contribution in [0.2, 0.25) is 0 Å². The molecular weight excluding hydrogens is 232 g/mol. The van der Waals surface area contributed by atoms with E-state index in [-0.39, 0.29) is 12.3 Å². The third kappa shape index (κ3) is 5.16. The maximum atomic E-state index is 5.47. The highest BCUT2D eigenvalue weighted by Crippen LogP contribution is 2.12. The number of aromatic nitrogens is 1. The lowest BCUT2D eigenvalue weighted by Gasteiger charge is -2.18. The van der Waals surface area contributed by atoms with Gasteiger partial charge in [-0.05, 0) is 27.7 Å². The summed E-state index contributed by atoms with van der Waals surface area (Å²) in [5.74, 6) is 1.55. The van der Waals surface area contributed by atoms with E-state index in [4.69, 9.17) is 13.9 Å². The molecule has 0 saturated heterocycles. The number of ether oxygens (including phenoxy) is 2. The summed E-state index contributed by atoms with van der Waals surface area (Å²) in [6, 6.07) is 0.0996. The van der Waals surface area contributed by atoms with Crippen molar-refractivity contribution in [3.05, 3.63) is 17.8 Å². The Labute approximate surface area is 109 Å². The number of oxazole rings is 1. The van der Waals surface area contributed by atoms with E-state index >= 15 is 0 Å². The van der Waals surface area contributed by atoms with Crippen LogP contribution in [0.4, 0.5) is 0 Å². The molecule has 5 nitrogen and oxygen atoms in total. The zero-order valence-corrected chi connectivity index (χ0v) is 11.7. The monoisotopic (exact) mass is 256 g/mol. The standard InChI is InChI=1S/C13H24N2O3/c1-5-16-12(17-6-2)7-8-14-11(4)13-15-9-10(3)18-13/h9,11-12,14H,5-8H2,1-4H3. The predicted molar refractivity (Wildman–Crippen MR) is 69.3 cm³/mol. The highest BCUT2D eigenvalue weighted by Gasteiger charge is 2.12. The summed E-state index contributed by atoms with van der Waals surface area (Å²) in [7, 11) is 0. The number of nitrogens with one attached hydrogen (secondary N) is 1. The number of aryl methyl sites for hydroxylation is 1. The van der Waals surface area contributed by atoms with Crippen LogP contribution in [0.25, 0.3) is 0 Å². The highest BCUT2D eigenvalue weighted by molar-refractivity contribution is 4.94. The summed E-state index contributed by atoms with van der Waals surface area (Å²) in [5, 5.41) is 3.34. The van der Waals surface area contributed by atoms with E-state index in [2.05, 4.69) is 10.3 Å². The Morgan fingerprint density at radius 3 is 2.50 bits per heavy atom. The van der Waals surface area contributed by atoms with Gasteiger partial charge in [0.05, 0.1) is 12.2 Å². The summed E-state index contributed by atoms with van der Waals surface area (Å²) in [5.41, 5.74) is 0. The Kier molecular flexibility index (Phi) is 6.93. The molecule has 1 N–H and O–H groups in total. The van der Waals surface area contributed by atoms with Crippen molar-refractivity contribution in [3.8, 4) is 0 Å². The van der Waals surface area contributed by atoms with Gasteiger partial charge in [-0.2, -0.15) is 0 Å². The van der Waals surface area contributed by atoms with Gasteiger partial charge in [0.1, 0.15) is 5.76 Å². The average molecular weight is 256 g/mol. The van der Waals surface area contributed by atoms with Crippen LogP contribution in [0.3, 0.4) is 0 Å². The molecule has 5 heteroatoms. The molecule has 1 rings (SSSR count). The molecule has 18 heavy (non-hydrogen) atoms. The van der Waals surface area contributed by atoms with E-state index in [1.165, 1.54) is 0 Å². The first-order valence-corrected chi connectivity index (χ1v) is 6.56. The number of hydrogen-bond acceptors (Lipinski definition) is 5. The van der Waals surface area contributed by atoms with Crippen molar-refractivity contribution >= 4 is 0 Å². The fourth-order valence-electron chi connectivity index (χ4n) is 1.66. The molecule has 104 valence electrons. The first-order chi connectivity index (χ1) is 8.67. The summed E-state index contributed by atoms with van der Waals surface area (Å²) >= 11 is 0. The molecule has 0 bridgehead atoms. The van der Waals surface area contributed by atoms with Gasteiger partial charge in [-0.3, -0.25) is 0 Å². The molecule has 0 aliphatic heterocycles. The first-order valence-electron chi connectivity index (χ1n) is 6.56. The van der Waals surface area contributed by atoms with E-state index < -0.39 is 0 Å². The van der Waals surface area contributed by atoms with Crippen molar-refractivity contribution in [1.82, 2.24) is 10.3 Å². The van der Waals surface area contributed by atoms with Gasteiger partial charge in [-0.25, -0.2) is 4.98 Å². The quantitative estimate of drug-likeness (QED) is 0.688. The van der Waals surface area contributed by atoms with E-state index in [9.17, 15) is 0 Å². The fourth-order valence-corrected chi connectivity index (χ4v) is 1.66. The molecule has 0 fully saturated rings. The lowest BCUT2D eigenvalue weighted by molar-refractivity contribution is -0.138. The van der Waals surface area contributed by atoms with Crippen molar-refractivity contribution in [3.63, 3.8) is 0 Å². The lowest BCUT2D eigenvalue weighted by Crippen LogP contribution is -2.26. The second kappa shape index (κ2) is 8.24. The minimum atomic E-state index is -0.133. The van der Waals surface area contributed by atoms with Crippen molar-refractivity contribution in [2.45, 2.75) is 46.4 Å². The molecule has 0 radical (unpaired) electrons. The third-order valence-electron chi connectivity index (χ3n) is 2.55. The van der Waals surface area contributed by atoms with Crippen LogP contribution < -0.4 is 5.32 Å². The molecule has 0 amide bonds. The van der Waals surface area contributed by atoms with E-state index in [1.807, 2.05) is 27.7 Å². The Balaban J connectivity index is 2.27. The summed E-state index contributed by atoms with van der Waals surface area (Å²) in [6.45, 7) is 9.99. The van der Waals surface area contributed by atoms with Crippen molar-refractivity contribution < 1.29 is 13.9 Å². The smallest absolute Gasteiger partial charge is 0.211 e. The summed E-state index contributed by atoms with van der Waals surface area (Å²) in [6.07, 6.45) is 2.41. The minimum Gasteiger partial charge on any atom is -0.444 e. The molecule has 1 aromatic rings. The zero-order chi connectivity index (χ0) is 13.4. The highest BCUT2D eigenvalue weighted by atomic mass is 16.7. The predicted octanol–water partition coefficient (Wildman–Crippen LogP) is 2.42. The van der Waals surface area contributed by atoms with E-state index in [1.54, 1.807) is 6.20 Å². The number of nitrogens with zero attached hydrogens (tertiary/aromatic N) is 1. The zero-order valence-electron chi connectivity index (χ0n) is 11.7. The normalized spacial score (nSPS) is 13.2. The van der Waals surface area contributed by atoms with Gasteiger partial charge in [0, 0.05) is 26.2 Å². The molecule has 0 aromatic carbocycles. The molecule has 0 saturated carbocycles. The lowest BCUT2D eigenvalue weighted by atomic mass is 10.3. The minimum absolute atomic E-state index is 0.0996. The SMILES string of the molecule is CCOC(CCNC(C)c1ncc(C)o1)OCC. The topological polar surface area (TPSA) is 56.5 Å². The van der Waals surface area contributed by atoms with E-state index in [0.717, 1.165) is 24.6 Å². The maximum Gasteiger partial charge on any atom is 0.211 e. The second-order valence-corrected chi connectivity index (χ2v) is 4.11. The van der Waals surface area contributed by atoms with Gasteiger partial charge < -0.3 is 19.2 Å². The Morgan fingerprint density at radius 2 is 2.00 bits per heavy atom. The fraction of sp³-hybridized carbons (Fsp3) is 0.769. The Bertz CT molecular complexity index is 322. The van der Waals surface area contributed by atoms with Gasteiger partial charge in [-0.1, -0.05) is 0 Å². The second-order valence-electron chi connectivity index (χ2n) is 4.11. The number of hydrogen-bond donors (Lipinski definition) is 1. The average Bonchev–Trinajstić information content (AvgIpc) is 2.76. The summed E-state index contributed by atoms with van der Waals surface area (Å²) in [4.78, 5) is 4.19. The maximum absolute atomic E-state index is 5.47. The molecule has 0 aliphatic carbocycles. The van der Waals surface area contributed by atoms with Crippen LogP contribution in [0.1, 0.15) is 44.9 Å². The third-order valence-corrected chi connectivity index (χ3v) is 2.55. The Hall–Kier alpha value is -0.910. The van der Waals surface area contributed by atoms with Crippen molar-refractivity contribution in [2.75, 3.05) is 19.8 Å². The number of rotatable bonds is 9. The molecular formula is C13H24N2O3. The first kappa shape index (κ1) is 15.1. The van der Waals surface area contributed by atoms with Crippen LogP contribution >= 0.6 is 0 Å². The van der Waals surface area contributed by atoms with Crippen LogP contribution in [0.5, 0.6) is 0 Å². The van der Waals surface area contributed by atoms with Gasteiger partial charge in [0.2, 0.25) is 5.89 Å². The van der Waals surface area contributed by atoms with Gasteiger partial charge in [0.15, 0.2) is 6.29 Å². The Morgan fingerprint density at radius 1 is 1.33 bits per heavy atom. The summed E-state index contributed by atoms with van der Waals surface area (Å²) < 4.78 is 16.4. The molecule has 1 heterocycles. The van der Waals surface area contributed by atoms with Crippen molar-refractivity contribution in [2.24, 2.45) is 0 Å². The molecule has 0 spiro atoms. The molecule has 1 unspecified atom stereocenters. The van der Waals surface area contributed by atoms with Crippen molar-refractivity contribution in [1.29, 1.82) is 0 Å². The van der Waals surface area contributed by atoms with Crippen LogP contribution in [-0.2, 0) is 9.47 Å². The van der Waals surface area contributed by atoms with Gasteiger partial charge in [-0.15, -0.1) is 0 Å². The van der Waals surface area contributed by atoms with Crippen LogP contribution in [0, 0.1) is 6.92 Å². The van der Waals surface area contributed by atoms with Crippen LogP contribution in [0.15, 0.2) is 10.6 Å². The largest absolute Gasteiger partial charge is 0.444 e. The van der Waals surface area contributed by atoms with E-state index in [0.29, 0.717) is 13.2 Å².